The Kier molecular flexibility index (Phi) is 9.61. The van der Waals surface area contributed by atoms with Crippen LogP contribution in [-0.4, -0.2) is 19.5 Å². The van der Waals surface area contributed by atoms with Crippen LogP contribution in [0.5, 0.6) is 0 Å². The zero-order chi connectivity index (χ0) is 49.8. The van der Waals surface area contributed by atoms with Gasteiger partial charge < -0.3 is 8.98 Å². The normalized spacial score (nSPS) is 11.9. The molecule has 16 rings (SSSR count). The Hall–Kier alpha value is -9.53. The zero-order valence-electron chi connectivity index (χ0n) is 40.6. The van der Waals surface area contributed by atoms with Crippen molar-refractivity contribution in [3.05, 3.63) is 243 Å². The summed E-state index contributed by atoms with van der Waals surface area (Å²) in [7, 11) is 0. The lowest BCUT2D eigenvalue weighted by atomic mass is 9.95. The second-order valence-corrected chi connectivity index (χ2v) is 21.6. The van der Waals surface area contributed by atoms with E-state index in [-0.39, 0.29) is 0 Å². The van der Waals surface area contributed by atoms with Gasteiger partial charge in [-0.25, -0.2) is 15.0 Å². The second-order valence-electron chi connectivity index (χ2n) is 19.4. The van der Waals surface area contributed by atoms with E-state index in [4.69, 9.17) is 19.4 Å². The van der Waals surface area contributed by atoms with Crippen LogP contribution in [0.15, 0.2) is 247 Å². The highest BCUT2D eigenvalue weighted by molar-refractivity contribution is 7.26. The van der Waals surface area contributed by atoms with Crippen LogP contribution in [0.25, 0.3) is 157 Å². The summed E-state index contributed by atoms with van der Waals surface area (Å²) in [5.41, 5.74) is 14.9. The van der Waals surface area contributed by atoms with E-state index in [1.807, 2.05) is 29.5 Å². The Labute approximate surface area is 443 Å². The molecule has 0 bridgehead atoms. The predicted molar refractivity (Wildman–Crippen MR) is 320 cm³/mol. The quantitative estimate of drug-likeness (QED) is 0.160. The number of benzene rings is 11. The van der Waals surface area contributed by atoms with Gasteiger partial charge in [-0.3, -0.25) is 0 Å². The number of hydrogen-bond donors (Lipinski definition) is 0. The Balaban J connectivity index is 0.781. The van der Waals surface area contributed by atoms with Crippen LogP contribution in [0.3, 0.4) is 0 Å². The fourth-order valence-electron chi connectivity index (χ4n) is 11.6. The molecule has 5 aromatic heterocycles. The first-order chi connectivity index (χ1) is 37.6. The Morgan fingerprint density at radius 1 is 0.289 bits per heavy atom. The van der Waals surface area contributed by atoms with E-state index in [1.54, 1.807) is 11.3 Å². The van der Waals surface area contributed by atoms with Crippen molar-refractivity contribution in [3.63, 3.8) is 0 Å². The summed E-state index contributed by atoms with van der Waals surface area (Å²) in [6.45, 7) is 0. The molecule has 0 unspecified atom stereocenters. The van der Waals surface area contributed by atoms with Gasteiger partial charge in [0.25, 0.3) is 0 Å². The maximum atomic E-state index is 6.62. The van der Waals surface area contributed by atoms with Gasteiger partial charge in [0, 0.05) is 84.3 Å². The van der Waals surface area contributed by atoms with Crippen molar-refractivity contribution in [2.45, 2.75) is 0 Å². The average molecular weight is 1010 g/mol. The molecule has 0 radical (unpaired) electrons. The smallest absolute Gasteiger partial charge is 0.164 e. The Morgan fingerprint density at radius 3 is 1.66 bits per heavy atom. The summed E-state index contributed by atoms with van der Waals surface area (Å²) in [5.74, 6) is 1.91. The van der Waals surface area contributed by atoms with Gasteiger partial charge in [0.2, 0.25) is 0 Å². The Bertz CT molecular complexity index is 5010. The minimum absolute atomic E-state index is 0.635. The molecule has 0 aliphatic heterocycles. The summed E-state index contributed by atoms with van der Waals surface area (Å²) < 4.78 is 13.9. The van der Waals surface area contributed by atoms with Gasteiger partial charge in [-0.05, 0) is 106 Å². The third-order valence-electron chi connectivity index (χ3n) is 15.1. The number of fused-ring (bicyclic) bond motifs is 12. The maximum absolute atomic E-state index is 6.62. The molecule has 11 aromatic carbocycles. The molecule has 0 saturated heterocycles. The first-order valence-electron chi connectivity index (χ1n) is 25.5. The van der Waals surface area contributed by atoms with E-state index < -0.39 is 0 Å². The molecule has 5 nitrogen and oxygen atoms in total. The molecule has 0 fully saturated rings. The number of aromatic nitrogens is 4. The molecule has 0 N–H and O–H groups in total. The van der Waals surface area contributed by atoms with Gasteiger partial charge in [-0.15, -0.1) is 22.7 Å². The molecular formula is C69H40N4OS2. The Morgan fingerprint density at radius 2 is 0.829 bits per heavy atom. The van der Waals surface area contributed by atoms with Crippen molar-refractivity contribution < 1.29 is 4.42 Å². The first-order valence-corrected chi connectivity index (χ1v) is 27.1. The molecule has 0 spiro atoms. The third-order valence-corrected chi connectivity index (χ3v) is 17.3. The van der Waals surface area contributed by atoms with Gasteiger partial charge >= 0.3 is 0 Å². The van der Waals surface area contributed by atoms with E-state index in [9.17, 15) is 0 Å². The lowest BCUT2D eigenvalue weighted by molar-refractivity contribution is 0.669. The van der Waals surface area contributed by atoms with Crippen LogP contribution in [0.2, 0.25) is 0 Å². The molecule has 7 heteroatoms. The minimum atomic E-state index is 0.635. The van der Waals surface area contributed by atoms with Crippen LogP contribution in [0.4, 0.5) is 0 Å². The monoisotopic (exact) mass is 1000 g/mol. The van der Waals surface area contributed by atoms with Crippen LogP contribution < -0.4 is 0 Å². The molecule has 0 atom stereocenters. The molecule has 16 aromatic rings. The highest BCUT2D eigenvalue weighted by Crippen LogP contribution is 2.45. The maximum Gasteiger partial charge on any atom is 0.164 e. The molecule has 0 aliphatic carbocycles. The summed E-state index contributed by atoms with van der Waals surface area (Å²) in [6, 6.07) is 86.7. The van der Waals surface area contributed by atoms with Gasteiger partial charge in [0.05, 0.1) is 11.0 Å². The van der Waals surface area contributed by atoms with E-state index in [0.717, 1.165) is 83.1 Å². The van der Waals surface area contributed by atoms with Crippen molar-refractivity contribution in [2.24, 2.45) is 0 Å². The standard InChI is InChI=1S/C69H40N4OS2/c1-3-15-41(16-4-1)67-70-68(52-21-8-7-19-47(52)51-23-13-27-62-65(51)53-22-10-12-26-61(53)75-62)72-69(71-67)55-24-14-28-63-66(55)54-35-31-45(40-64(54)76-63)44-30-34-50-56-37-42(32-36-59(56)74-60(50)39-44)43-29-33-49-48-20-9-11-25-57(48)73(58(49)38-43)46-17-5-2-6-18-46/h1-40H. The summed E-state index contributed by atoms with van der Waals surface area (Å²) in [5, 5.41) is 9.50. The van der Waals surface area contributed by atoms with Crippen molar-refractivity contribution in [2.75, 3.05) is 0 Å². The van der Waals surface area contributed by atoms with Gasteiger partial charge in [0.1, 0.15) is 11.2 Å². The summed E-state index contributed by atoms with van der Waals surface area (Å²) >= 11 is 3.63. The number of nitrogens with zero attached hydrogens (tertiary/aromatic N) is 4. The topological polar surface area (TPSA) is 56.7 Å². The number of thiophene rings is 2. The molecular weight excluding hydrogens is 965 g/mol. The van der Waals surface area contributed by atoms with Crippen molar-refractivity contribution >= 4 is 107 Å². The molecule has 0 amide bonds. The van der Waals surface area contributed by atoms with Crippen molar-refractivity contribution in [1.82, 2.24) is 19.5 Å². The molecule has 0 aliphatic rings. The van der Waals surface area contributed by atoms with Crippen LogP contribution >= 0.6 is 22.7 Å². The van der Waals surface area contributed by atoms with Crippen molar-refractivity contribution in [3.8, 4) is 73.2 Å². The highest BCUT2D eigenvalue weighted by Gasteiger charge is 2.22. The SMILES string of the molecule is c1ccc(-c2nc(-c3ccccc3-c3cccc4sc5ccccc5c34)nc(-c3cccc4sc5cc(-c6ccc7c(c6)oc6ccc(-c8ccc9c%10ccccc%10n(-c%10ccccc%10)c9c8)cc67)ccc5c34)n2)cc1. The zero-order valence-corrected chi connectivity index (χ0v) is 42.2. The third kappa shape index (κ3) is 6.80. The van der Waals surface area contributed by atoms with Crippen molar-refractivity contribution in [1.29, 1.82) is 0 Å². The van der Waals surface area contributed by atoms with Gasteiger partial charge in [0.15, 0.2) is 17.5 Å². The van der Waals surface area contributed by atoms with Gasteiger partial charge in [-0.1, -0.05) is 170 Å². The van der Waals surface area contributed by atoms with E-state index >= 15 is 0 Å². The van der Waals surface area contributed by atoms with E-state index in [0.29, 0.717) is 17.5 Å². The fraction of sp³-hybridized carbons (Fsp3) is 0. The van der Waals surface area contributed by atoms with Crippen LogP contribution in [-0.2, 0) is 0 Å². The second kappa shape index (κ2) is 17.0. The van der Waals surface area contributed by atoms with Crippen LogP contribution in [0, 0.1) is 0 Å². The molecule has 354 valence electrons. The largest absolute Gasteiger partial charge is 0.456 e. The lowest BCUT2D eigenvalue weighted by Crippen LogP contribution is -2.01. The highest BCUT2D eigenvalue weighted by atomic mass is 32.1. The van der Waals surface area contributed by atoms with Gasteiger partial charge in [-0.2, -0.15) is 0 Å². The predicted octanol–water partition coefficient (Wildman–Crippen LogP) is 19.6. The molecule has 5 heterocycles. The molecule has 0 saturated carbocycles. The number of furan rings is 1. The fourth-order valence-corrected chi connectivity index (χ4v) is 13.9. The molecule has 76 heavy (non-hydrogen) atoms. The first kappa shape index (κ1) is 42.9. The number of para-hydroxylation sites is 2. The van der Waals surface area contributed by atoms with Crippen LogP contribution in [0.1, 0.15) is 0 Å². The summed E-state index contributed by atoms with van der Waals surface area (Å²) in [4.78, 5) is 15.9. The van der Waals surface area contributed by atoms with E-state index in [1.165, 1.54) is 56.8 Å². The lowest BCUT2D eigenvalue weighted by Gasteiger charge is -2.13. The van der Waals surface area contributed by atoms with E-state index in [2.05, 4.69) is 229 Å². The average Bonchev–Trinajstić information content (AvgIpc) is 4.26. The minimum Gasteiger partial charge on any atom is -0.456 e. The summed E-state index contributed by atoms with van der Waals surface area (Å²) in [6.07, 6.45) is 0. The number of hydrogen-bond acceptors (Lipinski definition) is 6. The number of rotatable bonds is 7.